The second-order valence-corrected chi connectivity index (χ2v) is 13.4. The Morgan fingerprint density at radius 2 is 1.65 bits per heavy atom. The smallest absolute Gasteiger partial charge is 0.245 e. The molecule has 1 saturated carbocycles. The molecule has 48 heavy (non-hydrogen) atoms. The van der Waals surface area contributed by atoms with E-state index < -0.39 is 12.0 Å². The normalized spacial score (nSPS) is 17.0. The van der Waals surface area contributed by atoms with Gasteiger partial charge >= 0.3 is 0 Å². The van der Waals surface area contributed by atoms with E-state index in [0.717, 1.165) is 67.9 Å². The van der Waals surface area contributed by atoms with E-state index in [9.17, 15) is 19.2 Å². The van der Waals surface area contributed by atoms with Gasteiger partial charge in [-0.25, -0.2) is 0 Å². The Morgan fingerprint density at radius 3 is 2.29 bits per heavy atom. The predicted octanol–water partition coefficient (Wildman–Crippen LogP) is 5.26. The average Bonchev–Trinajstić information content (AvgIpc) is 3.54. The molecule has 2 aliphatic rings. The van der Waals surface area contributed by atoms with Crippen LogP contribution in [0.3, 0.4) is 0 Å². The van der Waals surface area contributed by atoms with Gasteiger partial charge in [0.2, 0.25) is 17.7 Å². The van der Waals surface area contributed by atoms with Gasteiger partial charge in [-0.05, 0) is 54.2 Å². The lowest BCUT2D eigenvalue weighted by Gasteiger charge is -2.36. The number of Topliss-reactive ketones (excluding diaryl/α,β-unsaturated/α-hetero) is 1. The van der Waals surface area contributed by atoms with E-state index in [-0.39, 0.29) is 42.3 Å². The van der Waals surface area contributed by atoms with E-state index in [1.54, 1.807) is 30.9 Å². The van der Waals surface area contributed by atoms with Crippen molar-refractivity contribution >= 4 is 40.8 Å². The Bertz CT molecular complexity index is 1560. The van der Waals surface area contributed by atoms with Crippen LogP contribution in [-0.2, 0) is 34.4 Å². The third kappa shape index (κ3) is 9.32. The number of amides is 3. The van der Waals surface area contributed by atoms with Crippen molar-refractivity contribution in [3.8, 4) is 0 Å². The van der Waals surface area contributed by atoms with Crippen LogP contribution in [0.15, 0.2) is 60.8 Å². The number of anilines is 1. The summed E-state index contributed by atoms with van der Waals surface area (Å²) in [6.07, 6.45) is 7.52. The molecule has 10 nitrogen and oxygen atoms in total. The molecule has 3 amide bonds. The summed E-state index contributed by atoms with van der Waals surface area (Å²) in [5.74, 6) is -0.778. The molecule has 1 aromatic heterocycles. The Balaban J connectivity index is 1.20. The van der Waals surface area contributed by atoms with Gasteiger partial charge in [0.1, 0.15) is 11.7 Å². The molecule has 0 bridgehead atoms. The van der Waals surface area contributed by atoms with Crippen LogP contribution in [-0.4, -0.2) is 75.3 Å². The zero-order chi connectivity index (χ0) is 34.0. The molecule has 0 radical (unpaired) electrons. The number of carbonyl (C=O) groups is 4. The van der Waals surface area contributed by atoms with Crippen LogP contribution >= 0.6 is 11.6 Å². The molecule has 1 aliphatic heterocycles. The summed E-state index contributed by atoms with van der Waals surface area (Å²) in [6, 6.07) is 16.2. The topological polar surface area (TPSA) is 117 Å². The molecule has 3 aromatic rings. The van der Waals surface area contributed by atoms with Crippen LogP contribution in [0.2, 0.25) is 5.02 Å². The van der Waals surface area contributed by atoms with E-state index in [1.165, 1.54) is 0 Å². The maximum absolute atomic E-state index is 13.7. The fourth-order valence-electron chi connectivity index (χ4n) is 6.87. The number of nitrogens with one attached hydrogen (secondary N) is 2. The first-order chi connectivity index (χ1) is 23.2. The lowest BCUT2D eigenvalue weighted by molar-refractivity contribution is -0.138. The first-order valence-corrected chi connectivity index (χ1v) is 17.5. The summed E-state index contributed by atoms with van der Waals surface area (Å²) in [4.78, 5) is 57.0. The molecule has 2 N–H and O–H groups in total. The number of ketones is 1. The van der Waals surface area contributed by atoms with Gasteiger partial charge in [-0.15, -0.1) is 0 Å². The molecule has 5 rings (SSSR count). The summed E-state index contributed by atoms with van der Waals surface area (Å²) in [5.41, 5.74) is 3.07. The van der Waals surface area contributed by atoms with E-state index in [0.29, 0.717) is 30.9 Å². The average molecular weight is 675 g/mol. The van der Waals surface area contributed by atoms with Crippen LogP contribution in [0.4, 0.5) is 5.69 Å². The van der Waals surface area contributed by atoms with Gasteiger partial charge in [-0.3, -0.25) is 28.8 Å². The zero-order valence-electron chi connectivity index (χ0n) is 28.0. The van der Waals surface area contributed by atoms with Gasteiger partial charge in [0.05, 0.1) is 0 Å². The largest absolute Gasteiger partial charge is 0.344 e. The predicted molar refractivity (Wildman–Crippen MR) is 187 cm³/mol. The summed E-state index contributed by atoms with van der Waals surface area (Å²) in [7, 11) is 1.74. The minimum absolute atomic E-state index is 0.0806. The molecule has 11 heteroatoms. The number of aryl methyl sites for hydroxylation is 1. The molecule has 2 heterocycles. The number of halogens is 1. The molecule has 256 valence electrons. The molecule has 2 aromatic carbocycles. The second-order valence-electron chi connectivity index (χ2n) is 13.0. The number of hydrogen-bond donors (Lipinski definition) is 2. The maximum Gasteiger partial charge on any atom is 0.245 e. The number of aromatic nitrogens is 2. The van der Waals surface area contributed by atoms with Crippen molar-refractivity contribution in [3.05, 3.63) is 82.6 Å². The van der Waals surface area contributed by atoms with Crippen molar-refractivity contribution in [2.24, 2.45) is 18.9 Å². The van der Waals surface area contributed by atoms with Gasteiger partial charge in [-0.1, -0.05) is 68.1 Å². The van der Waals surface area contributed by atoms with Crippen LogP contribution in [0.5, 0.6) is 0 Å². The van der Waals surface area contributed by atoms with Gasteiger partial charge in [0.25, 0.3) is 0 Å². The van der Waals surface area contributed by atoms with Gasteiger partial charge < -0.3 is 15.5 Å². The van der Waals surface area contributed by atoms with Crippen LogP contribution in [0.25, 0.3) is 0 Å². The summed E-state index contributed by atoms with van der Waals surface area (Å²) in [5, 5.41) is 10.8. The van der Waals surface area contributed by atoms with Crippen molar-refractivity contribution in [2.45, 2.75) is 70.9 Å². The third-order valence-corrected chi connectivity index (χ3v) is 10.1. The summed E-state index contributed by atoms with van der Waals surface area (Å²) < 4.78 is 1.56. The SMILES string of the molecule is CCC(=O)NC(Cc1ccc(NC(=O)[C@@H](CC(=O)c2ccnn2C)C2CCCCC2)cc1)C(=O)N1CCN(Cc2ccccc2Cl)CC1. The molecule has 1 aliphatic carbocycles. The summed E-state index contributed by atoms with van der Waals surface area (Å²) in [6.45, 7) is 5.07. The highest BCUT2D eigenvalue weighted by Crippen LogP contribution is 2.33. The van der Waals surface area contributed by atoms with Crippen molar-refractivity contribution in [2.75, 3.05) is 31.5 Å². The molecule has 1 saturated heterocycles. The molecule has 2 fully saturated rings. The number of nitrogens with zero attached hydrogens (tertiary/aromatic N) is 4. The van der Waals surface area contributed by atoms with Gasteiger partial charge in [-0.2, -0.15) is 5.10 Å². The van der Waals surface area contributed by atoms with Gasteiger partial charge in [0, 0.05) is 81.9 Å². The number of piperazine rings is 1. The van der Waals surface area contributed by atoms with E-state index >= 15 is 0 Å². The Hall–Kier alpha value is -4.02. The monoisotopic (exact) mass is 674 g/mol. The van der Waals surface area contributed by atoms with Crippen molar-refractivity contribution in [1.82, 2.24) is 24.9 Å². The lowest BCUT2D eigenvalue weighted by Crippen LogP contribution is -2.55. The zero-order valence-corrected chi connectivity index (χ0v) is 28.8. The van der Waals surface area contributed by atoms with Gasteiger partial charge in [0.15, 0.2) is 5.78 Å². The van der Waals surface area contributed by atoms with Crippen molar-refractivity contribution in [3.63, 3.8) is 0 Å². The number of carbonyl (C=O) groups excluding carboxylic acids is 4. The standard InChI is InChI=1S/C37H47ClN6O4/c1-3-35(46)41-32(37(48)44-21-19-43(20-22-44)25-28-11-7-8-12-31(28)38)23-26-13-15-29(16-14-26)40-36(47)30(27-9-5-4-6-10-27)24-34(45)33-17-18-39-42(33)2/h7-8,11-18,27,30,32H,3-6,9-10,19-25H2,1-2H3,(H,40,47)(H,41,46)/t30-,32?/m0/s1. The van der Waals surface area contributed by atoms with Crippen LogP contribution in [0.1, 0.15) is 73.5 Å². The van der Waals surface area contributed by atoms with Crippen LogP contribution < -0.4 is 10.6 Å². The van der Waals surface area contributed by atoms with E-state index in [2.05, 4.69) is 20.6 Å². The molecular weight excluding hydrogens is 628 g/mol. The summed E-state index contributed by atoms with van der Waals surface area (Å²) >= 11 is 6.36. The minimum Gasteiger partial charge on any atom is -0.344 e. The first kappa shape index (κ1) is 35.3. The quantitative estimate of drug-likeness (QED) is 0.239. The lowest BCUT2D eigenvalue weighted by atomic mass is 9.77. The Morgan fingerprint density at radius 1 is 0.938 bits per heavy atom. The molecule has 0 spiro atoms. The van der Waals surface area contributed by atoms with E-state index in [4.69, 9.17) is 11.6 Å². The molecule has 2 atom stereocenters. The fourth-order valence-corrected chi connectivity index (χ4v) is 7.06. The molecular formula is C37H47ClN6O4. The molecule has 1 unspecified atom stereocenters. The number of rotatable bonds is 13. The number of benzene rings is 2. The highest BCUT2D eigenvalue weighted by atomic mass is 35.5. The minimum atomic E-state index is -0.693. The van der Waals surface area contributed by atoms with Crippen LogP contribution in [0, 0.1) is 11.8 Å². The third-order valence-electron chi connectivity index (χ3n) is 9.72. The maximum atomic E-state index is 13.7. The highest BCUT2D eigenvalue weighted by molar-refractivity contribution is 6.31. The second kappa shape index (κ2) is 16.9. The fraction of sp³-hybridized carbons (Fsp3) is 0.486. The highest BCUT2D eigenvalue weighted by Gasteiger charge is 2.33. The Kier molecular flexibility index (Phi) is 12.4. The van der Waals surface area contributed by atoms with E-state index in [1.807, 2.05) is 53.4 Å². The van der Waals surface area contributed by atoms with Crippen molar-refractivity contribution < 1.29 is 19.2 Å². The van der Waals surface area contributed by atoms with Crippen molar-refractivity contribution in [1.29, 1.82) is 0 Å². The Labute approximate surface area is 288 Å². The number of hydrogen-bond acceptors (Lipinski definition) is 6. The first-order valence-electron chi connectivity index (χ1n) is 17.2.